The van der Waals surface area contributed by atoms with Crippen LogP contribution < -0.4 is 0 Å². The molecule has 1 saturated carbocycles. The van der Waals surface area contributed by atoms with E-state index >= 15 is 0 Å². The van der Waals surface area contributed by atoms with Crippen LogP contribution in [0.1, 0.15) is 41.2 Å². The molecule has 1 aromatic heterocycles. The van der Waals surface area contributed by atoms with Gasteiger partial charge in [0.05, 0.1) is 23.4 Å². The van der Waals surface area contributed by atoms with Crippen LogP contribution in [0.3, 0.4) is 0 Å². The van der Waals surface area contributed by atoms with Crippen LogP contribution in [0.5, 0.6) is 0 Å². The normalized spacial score (nSPS) is 14.8. The number of pyridine rings is 1. The number of nitrogens with zero attached hydrogens (tertiary/aromatic N) is 1. The molecule has 1 aromatic rings. The SMILES string of the molecule is COC(=O)c1cc(Cl)c(C2CCC2)nc1Cl.O. The molecule has 0 aromatic carbocycles. The summed E-state index contributed by atoms with van der Waals surface area (Å²) in [5.74, 6) is -0.128. The van der Waals surface area contributed by atoms with Gasteiger partial charge in [0.25, 0.3) is 0 Å². The predicted molar refractivity (Wildman–Crippen MR) is 65.8 cm³/mol. The van der Waals surface area contributed by atoms with Crippen molar-refractivity contribution in [2.24, 2.45) is 0 Å². The maximum Gasteiger partial charge on any atom is 0.341 e. The van der Waals surface area contributed by atoms with Crippen molar-refractivity contribution in [1.82, 2.24) is 4.98 Å². The Kier molecular flexibility index (Phi) is 4.74. The van der Waals surface area contributed by atoms with Crippen LogP contribution in [0.4, 0.5) is 0 Å². The van der Waals surface area contributed by atoms with Gasteiger partial charge in [0.1, 0.15) is 5.15 Å². The lowest BCUT2D eigenvalue weighted by atomic mass is 9.82. The van der Waals surface area contributed by atoms with Crippen molar-refractivity contribution in [3.8, 4) is 0 Å². The summed E-state index contributed by atoms with van der Waals surface area (Å²) in [5.41, 5.74) is 1.02. The van der Waals surface area contributed by atoms with Crippen LogP contribution >= 0.6 is 23.2 Å². The number of halogens is 2. The average molecular weight is 278 g/mol. The van der Waals surface area contributed by atoms with Crippen LogP contribution in [0.25, 0.3) is 0 Å². The number of hydrogen-bond donors (Lipinski definition) is 0. The molecule has 6 heteroatoms. The molecule has 1 fully saturated rings. The van der Waals surface area contributed by atoms with E-state index in [1.807, 2.05) is 0 Å². The highest BCUT2D eigenvalue weighted by atomic mass is 35.5. The smallest absolute Gasteiger partial charge is 0.341 e. The minimum atomic E-state index is -0.514. The van der Waals surface area contributed by atoms with E-state index < -0.39 is 5.97 Å². The minimum absolute atomic E-state index is 0. The van der Waals surface area contributed by atoms with Crippen molar-refractivity contribution in [1.29, 1.82) is 0 Å². The Balaban J connectivity index is 0.00000144. The van der Waals surface area contributed by atoms with E-state index in [0.717, 1.165) is 18.5 Å². The first-order valence-corrected chi connectivity index (χ1v) is 5.83. The lowest BCUT2D eigenvalue weighted by Gasteiger charge is -2.25. The van der Waals surface area contributed by atoms with E-state index in [1.165, 1.54) is 19.6 Å². The molecule has 0 unspecified atom stereocenters. The third-order valence-corrected chi connectivity index (χ3v) is 3.44. The molecule has 0 bridgehead atoms. The fraction of sp³-hybridized carbons (Fsp3) is 0.455. The number of carbonyl (C=O) groups is 1. The van der Waals surface area contributed by atoms with Gasteiger partial charge in [-0.25, -0.2) is 9.78 Å². The summed E-state index contributed by atoms with van der Waals surface area (Å²) in [6.07, 6.45) is 3.36. The summed E-state index contributed by atoms with van der Waals surface area (Å²) in [5, 5.41) is 0.660. The van der Waals surface area contributed by atoms with Gasteiger partial charge >= 0.3 is 5.97 Å². The van der Waals surface area contributed by atoms with E-state index in [2.05, 4.69) is 9.72 Å². The molecule has 17 heavy (non-hydrogen) atoms. The van der Waals surface area contributed by atoms with Gasteiger partial charge in [-0.3, -0.25) is 0 Å². The van der Waals surface area contributed by atoms with Crippen LogP contribution in [-0.2, 0) is 4.74 Å². The second kappa shape index (κ2) is 5.67. The summed E-state index contributed by atoms with van der Waals surface area (Å²) < 4.78 is 4.59. The second-order valence-corrected chi connectivity index (χ2v) is 4.58. The quantitative estimate of drug-likeness (QED) is 0.616. The molecular formula is C11H13Cl2NO3. The molecule has 4 nitrogen and oxygen atoms in total. The fourth-order valence-corrected chi connectivity index (χ4v) is 2.23. The van der Waals surface area contributed by atoms with E-state index in [-0.39, 0.29) is 16.2 Å². The Labute approximate surface area is 109 Å². The summed E-state index contributed by atoms with van der Waals surface area (Å²) in [6, 6.07) is 1.54. The minimum Gasteiger partial charge on any atom is -0.465 e. The maximum absolute atomic E-state index is 11.3. The molecule has 0 spiro atoms. The van der Waals surface area contributed by atoms with Gasteiger partial charge in [-0.2, -0.15) is 0 Å². The summed E-state index contributed by atoms with van der Waals surface area (Å²) in [7, 11) is 1.30. The van der Waals surface area contributed by atoms with Gasteiger partial charge in [0, 0.05) is 5.92 Å². The molecule has 1 aliphatic rings. The first kappa shape index (κ1) is 14.2. The Morgan fingerprint density at radius 2 is 2.12 bits per heavy atom. The first-order chi connectivity index (χ1) is 7.63. The van der Waals surface area contributed by atoms with Crippen molar-refractivity contribution in [3.63, 3.8) is 0 Å². The number of aromatic nitrogens is 1. The van der Waals surface area contributed by atoms with Gasteiger partial charge in [-0.15, -0.1) is 0 Å². The molecule has 0 radical (unpaired) electrons. The number of carbonyl (C=O) groups excluding carboxylic acids is 1. The monoisotopic (exact) mass is 277 g/mol. The molecule has 0 atom stereocenters. The zero-order valence-electron chi connectivity index (χ0n) is 9.30. The Morgan fingerprint density at radius 1 is 1.47 bits per heavy atom. The predicted octanol–water partition coefficient (Wildman–Crippen LogP) is 2.62. The van der Waals surface area contributed by atoms with Crippen LogP contribution in [0.15, 0.2) is 6.07 Å². The highest BCUT2D eigenvalue weighted by Crippen LogP contribution is 2.39. The number of rotatable bonds is 2. The average Bonchev–Trinajstić information content (AvgIpc) is 2.19. The highest BCUT2D eigenvalue weighted by Gasteiger charge is 2.25. The third kappa shape index (κ3) is 2.70. The number of ether oxygens (including phenoxy) is 1. The number of methoxy groups -OCH3 is 1. The summed E-state index contributed by atoms with van der Waals surface area (Å²) in [4.78, 5) is 15.5. The van der Waals surface area contributed by atoms with Gasteiger partial charge in [-0.1, -0.05) is 29.6 Å². The summed E-state index contributed by atoms with van der Waals surface area (Å²) >= 11 is 12.0. The molecule has 94 valence electrons. The van der Waals surface area contributed by atoms with Gasteiger partial charge in [0.15, 0.2) is 0 Å². The fourth-order valence-electron chi connectivity index (χ4n) is 1.70. The Hall–Kier alpha value is -0.840. The molecule has 0 aliphatic heterocycles. The Morgan fingerprint density at radius 3 is 2.59 bits per heavy atom. The molecule has 0 saturated heterocycles. The van der Waals surface area contributed by atoms with Gasteiger partial charge < -0.3 is 10.2 Å². The van der Waals surface area contributed by atoms with Gasteiger partial charge in [0.2, 0.25) is 0 Å². The standard InChI is InChI=1S/C11H11Cl2NO2.H2O/c1-16-11(15)7-5-8(12)9(14-10(7)13)6-3-2-4-6;/h5-6H,2-4H2,1H3;1H2. The molecule has 2 N–H and O–H groups in total. The zero-order chi connectivity index (χ0) is 11.7. The van der Waals surface area contributed by atoms with Crippen molar-refractivity contribution in [3.05, 3.63) is 27.5 Å². The van der Waals surface area contributed by atoms with Crippen molar-refractivity contribution < 1.29 is 15.0 Å². The summed E-state index contributed by atoms with van der Waals surface area (Å²) in [6.45, 7) is 0. The van der Waals surface area contributed by atoms with E-state index in [1.54, 1.807) is 0 Å². The molecular weight excluding hydrogens is 265 g/mol. The molecule has 2 rings (SSSR count). The molecule has 0 amide bonds. The zero-order valence-corrected chi connectivity index (χ0v) is 10.8. The molecule has 1 aliphatic carbocycles. The Bertz CT molecular complexity index is 433. The van der Waals surface area contributed by atoms with Crippen LogP contribution in [-0.4, -0.2) is 23.5 Å². The second-order valence-electron chi connectivity index (χ2n) is 3.81. The number of hydrogen-bond acceptors (Lipinski definition) is 3. The lowest BCUT2D eigenvalue weighted by molar-refractivity contribution is 0.0600. The van der Waals surface area contributed by atoms with E-state index in [0.29, 0.717) is 10.9 Å². The van der Waals surface area contributed by atoms with Gasteiger partial charge in [-0.05, 0) is 18.9 Å². The van der Waals surface area contributed by atoms with E-state index in [9.17, 15) is 4.79 Å². The largest absolute Gasteiger partial charge is 0.465 e. The molecule has 1 heterocycles. The highest BCUT2D eigenvalue weighted by molar-refractivity contribution is 6.34. The topological polar surface area (TPSA) is 70.7 Å². The van der Waals surface area contributed by atoms with Crippen molar-refractivity contribution >= 4 is 29.2 Å². The lowest BCUT2D eigenvalue weighted by Crippen LogP contribution is -2.13. The van der Waals surface area contributed by atoms with Crippen LogP contribution in [0.2, 0.25) is 10.2 Å². The third-order valence-electron chi connectivity index (χ3n) is 2.85. The van der Waals surface area contributed by atoms with E-state index in [4.69, 9.17) is 23.2 Å². The first-order valence-electron chi connectivity index (χ1n) is 5.07. The van der Waals surface area contributed by atoms with Crippen molar-refractivity contribution in [2.75, 3.05) is 7.11 Å². The van der Waals surface area contributed by atoms with Crippen LogP contribution in [0, 0.1) is 0 Å². The van der Waals surface area contributed by atoms with Crippen molar-refractivity contribution in [2.45, 2.75) is 25.2 Å². The number of esters is 1. The maximum atomic E-state index is 11.3.